The molecule has 0 unspecified atom stereocenters. The molecule has 0 amide bonds. The fourth-order valence-corrected chi connectivity index (χ4v) is 2.50. The van der Waals surface area contributed by atoms with E-state index in [0.29, 0.717) is 11.3 Å². The number of esters is 1. The lowest BCUT2D eigenvalue weighted by molar-refractivity contribution is -0.154. The maximum atomic E-state index is 11.4. The molecule has 0 aromatic carbocycles. The number of aliphatic carboxylic acids is 1. The van der Waals surface area contributed by atoms with Gasteiger partial charge in [0.1, 0.15) is 6.10 Å². The molecule has 4 nitrogen and oxygen atoms in total. The lowest BCUT2D eigenvalue weighted by Crippen LogP contribution is -2.30. The van der Waals surface area contributed by atoms with Crippen molar-refractivity contribution >= 4 is 11.9 Å². The third-order valence-electron chi connectivity index (χ3n) is 3.74. The van der Waals surface area contributed by atoms with E-state index in [4.69, 9.17) is 9.84 Å². The van der Waals surface area contributed by atoms with Gasteiger partial charge in [-0.1, -0.05) is 20.8 Å². The summed E-state index contributed by atoms with van der Waals surface area (Å²) in [5.74, 6) is -0.647. The molecule has 0 spiro atoms. The molecule has 4 heteroatoms. The van der Waals surface area contributed by atoms with E-state index in [2.05, 4.69) is 20.8 Å². The van der Waals surface area contributed by atoms with Gasteiger partial charge in [0.15, 0.2) is 0 Å². The van der Waals surface area contributed by atoms with Gasteiger partial charge >= 0.3 is 11.9 Å². The van der Waals surface area contributed by atoms with Crippen molar-refractivity contribution in [3.8, 4) is 0 Å². The van der Waals surface area contributed by atoms with Crippen LogP contribution in [0.25, 0.3) is 0 Å². The summed E-state index contributed by atoms with van der Waals surface area (Å²) in [7, 11) is 0. The Kier molecular flexibility index (Phi) is 5.17. The fraction of sp³-hybridized carbons (Fsp3) is 0.857. The molecule has 1 saturated carbocycles. The lowest BCUT2D eigenvalue weighted by atomic mass is 9.72. The van der Waals surface area contributed by atoms with Crippen LogP contribution in [0.4, 0.5) is 0 Å². The summed E-state index contributed by atoms with van der Waals surface area (Å²) in [4.78, 5) is 21.8. The van der Waals surface area contributed by atoms with Gasteiger partial charge in [0.05, 0.1) is 12.8 Å². The van der Waals surface area contributed by atoms with Crippen molar-refractivity contribution < 1.29 is 19.4 Å². The van der Waals surface area contributed by atoms with Gasteiger partial charge in [0, 0.05) is 0 Å². The molecule has 0 bridgehead atoms. The molecule has 1 fully saturated rings. The average Bonchev–Trinajstić information content (AvgIpc) is 2.26. The maximum absolute atomic E-state index is 11.4. The van der Waals surface area contributed by atoms with Gasteiger partial charge in [-0.25, -0.2) is 0 Å². The van der Waals surface area contributed by atoms with Gasteiger partial charge in [-0.05, 0) is 37.0 Å². The van der Waals surface area contributed by atoms with Crippen molar-refractivity contribution in [1.29, 1.82) is 0 Å². The highest BCUT2D eigenvalue weighted by atomic mass is 16.5. The number of ether oxygens (including phenoxy) is 1. The van der Waals surface area contributed by atoms with Gasteiger partial charge in [-0.3, -0.25) is 9.59 Å². The first kappa shape index (κ1) is 15.0. The summed E-state index contributed by atoms with van der Waals surface area (Å²) < 4.78 is 5.30. The Morgan fingerprint density at radius 2 is 1.67 bits per heavy atom. The maximum Gasteiger partial charge on any atom is 0.306 e. The molecule has 0 radical (unpaired) electrons. The highest BCUT2D eigenvalue weighted by Crippen LogP contribution is 2.38. The van der Waals surface area contributed by atoms with E-state index in [9.17, 15) is 9.59 Å². The second-order valence-electron chi connectivity index (χ2n) is 6.22. The summed E-state index contributed by atoms with van der Waals surface area (Å²) in [6.07, 6.45) is 3.80. The van der Waals surface area contributed by atoms with Crippen LogP contribution in [0, 0.1) is 11.3 Å². The van der Waals surface area contributed by atoms with E-state index in [0.717, 1.165) is 25.7 Å². The van der Waals surface area contributed by atoms with Crippen LogP contribution in [0.5, 0.6) is 0 Å². The first-order valence-electron chi connectivity index (χ1n) is 6.70. The fourth-order valence-electron chi connectivity index (χ4n) is 2.50. The second-order valence-corrected chi connectivity index (χ2v) is 6.22. The smallest absolute Gasteiger partial charge is 0.306 e. The largest absolute Gasteiger partial charge is 0.481 e. The molecule has 0 saturated heterocycles. The van der Waals surface area contributed by atoms with E-state index < -0.39 is 5.97 Å². The first-order chi connectivity index (χ1) is 8.29. The topological polar surface area (TPSA) is 63.6 Å². The molecule has 18 heavy (non-hydrogen) atoms. The minimum atomic E-state index is -0.955. The van der Waals surface area contributed by atoms with Crippen molar-refractivity contribution in [2.75, 3.05) is 0 Å². The quantitative estimate of drug-likeness (QED) is 0.785. The number of carboxylic acids is 1. The molecule has 1 aliphatic carbocycles. The third-order valence-corrected chi connectivity index (χ3v) is 3.74. The highest BCUT2D eigenvalue weighted by Gasteiger charge is 2.30. The van der Waals surface area contributed by atoms with Gasteiger partial charge in [0.2, 0.25) is 0 Å². The normalized spacial score (nSPS) is 24.6. The summed E-state index contributed by atoms with van der Waals surface area (Å²) in [5, 5.41) is 8.48. The Balaban J connectivity index is 2.27. The van der Waals surface area contributed by atoms with Gasteiger partial charge < -0.3 is 9.84 Å². The van der Waals surface area contributed by atoms with Gasteiger partial charge in [-0.15, -0.1) is 0 Å². The Bertz CT molecular complexity index is 295. The number of carbonyl (C=O) groups excluding carboxylic acids is 1. The number of rotatable bonds is 4. The standard InChI is InChI=1S/C14H24O4/c1-14(2,3)10-4-6-11(7-5-10)18-13(17)9-8-12(15)16/h10-11H,4-9H2,1-3H3,(H,15,16)/t10-,11-. The Hall–Kier alpha value is -1.06. The first-order valence-corrected chi connectivity index (χ1v) is 6.70. The Morgan fingerprint density at radius 1 is 1.11 bits per heavy atom. The molecule has 0 aliphatic heterocycles. The minimum Gasteiger partial charge on any atom is -0.481 e. The van der Waals surface area contributed by atoms with E-state index in [1.807, 2.05) is 0 Å². The molecular formula is C14H24O4. The van der Waals surface area contributed by atoms with Crippen LogP contribution < -0.4 is 0 Å². The molecule has 0 heterocycles. The van der Waals surface area contributed by atoms with Crippen LogP contribution in [-0.2, 0) is 14.3 Å². The molecule has 0 aromatic rings. The van der Waals surface area contributed by atoms with E-state index in [1.54, 1.807) is 0 Å². The van der Waals surface area contributed by atoms with Crippen molar-refractivity contribution in [3.63, 3.8) is 0 Å². The number of hydrogen-bond donors (Lipinski definition) is 1. The zero-order valence-electron chi connectivity index (χ0n) is 11.6. The molecule has 1 rings (SSSR count). The SMILES string of the molecule is CC(C)(C)[C@H]1CC[C@H](OC(=O)CCC(=O)O)CC1. The van der Waals surface area contributed by atoms with Crippen LogP contribution in [0.15, 0.2) is 0 Å². The van der Waals surface area contributed by atoms with Crippen LogP contribution in [0.3, 0.4) is 0 Å². The number of hydrogen-bond acceptors (Lipinski definition) is 3. The zero-order chi connectivity index (χ0) is 13.8. The van der Waals surface area contributed by atoms with Crippen LogP contribution in [-0.4, -0.2) is 23.1 Å². The summed E-state index contributed by atoms with van der Waals surface area (Å²) in [6, 6.07) is 0. The van der Waals surface area contributed by atoms with E-state index >= 15 is 0 Å². The predicted molar refractivity (Wildman–Crippen MR) is 68.2 cm³/mol. The van der Waals surface area contributed by atoms with Crippen molar-refractivity contribution in [3.05, 3.63) is 0 Å². The average molecular weight is 256 g/mol. The zero-order valence-corrected chi connectivity index (χ0v) is 11.6. The van der Waals surface area contributed by atoms with Gasteiger partial charge in [-0.2, -0.15) is 0 Å². The molecule has 1 N–H and O–H groups in total. The molecule has 0 atom stereocenters. The number of carboxylic acid groups (broad SMARTS) is 1. The second kappa shape index (κ2) is 6.21. The predicted octanol–water partition coefficient (Wildman–Crippen LogP) is 3.00. The van der Waals surface area contributed by atoms with Crippen molar-refractivity contribution in [2.45, 2.75) is 65.4 Å². The summed E-state index contributed by atoms with van der Waals surface area (Å²) in [6.45, 7) is 6.74. The Labute approximate surface area is 109 Å². The number of carbonyl (C=O) groups is 2. The van der Waals surface area contributed by atoms with Crippen LogP contribution >= 0.6 is 0 Å². The van der Waals surface area contributed by atoms with E-state index in [-0.39, 0.29) is 24.9 Å². The molecule has 0 aromatic heterocycles. The van der Waals surface area contributed by atoms with Crippen LogP contribution in [0.2, 0.25) is 0 Å². The van der Waals surface area contributed by atoms with Crippen LogP contribution in [0.1, 0.15) is 59.3 Å². The molecule has 104 valence electrons. The van der Waals surface area contributed by atoms with Crippen molar-refractivity contribution in [2.24, 2.45) is 11.3 Å². The lowest BCUT2D eigenvalue weighted by Gasteiger charge is -2.36. The van der Waals surface area contributed by atoms with Crippen molar-refractivity contribution in [1.82, 2.24) is 0 Å². The third kappa shape index (κ3) is 5.07. The highest BCUT2D eigenvalue weighted by molar-refractivity contribution is 5.76. The monoisotopic (exact) mass is 256 g/mol. The van der Waals surface area contributed by atoms with E-state index in [1.165, 1.54) is 0 Å². The minimum absolute atomic E-state index is 0.00936. The summed E-state index contributed by atoms with van der Waals surface area (Å²) in [5.41, 5.74) is 0.318. The summed E-state index contributed by atoms with van der Waals surface area (Å²) >= 11 is 0. The molecular weight excluding hydrogens is 232 g/mol. The van der Waals surface area contributed by atoms with Gasteiger partial charge in [0.25, 0.3) is 0 Å². The molecule has 1 aliphatic rings. The Morgan fingerprint density at radius 3 is 2.11 bits per heavy atom.